The van der Waals surface area contributed by atoms with Crippen LogP contribution in [-0.4, -0.2) is 38.1 Å². The molecule has 4 nitrogen and oxygen atoms in total. The van der Waals surface area contributed by atoms with Crippen LogP contribution in [0.1, 0.15) is 27.9 Å². The van der Waals surface area contributed by atoms with E-state index in [0.29, 0.717) is 17.2 Å². The maximum Gasteiger partial charge on any atom is 0.260 e. The number of anilines is 1. The molecule has 0 saturated carbocycles. The van der Waals surface area contributed by atoms with Gasteiger partial charge in [0.1, 0.15) is 5.82 Å². The number of thiazole rings is 1. The molecule has 0 saturated heterocycles. The molecule has 3 aromatic rings. The number of fused-ring (bicyclic) bond motifs is 1. The van der Waals surface area contributed by atoms with Crippen LogP contribution in [0.5, 0.6) is 0 Å². The third-order valence-electron chi connectivity index (χ3n) is 4.43. The average Bonchev–Trinajstić information content (AvgIpc) is 3.02. The molecule has 27 heavy (non-hydrogen) atoms. The van der Waals surface area contributed by atoms with Gasteiger partial charge in [-0.2, -0.15) is 0 Å². The van der Waals surface area contributed by atoms with Gasteiger partial charge in [0.2, 0.25) is 0 Å². The van der Waals surface area contributed by atoms with Crippen molar-refractivity contribution >= 4 is 32.6 Å². The van der Waals surface area contributed by atoms with Gasteiger partial charge in [-0.05, 0) is 55.3 Å². The van der Waals surface area contributed by atoms with Crippen LogP contribution in [0, 0.1) is 19.7 Å². The highest BCUT2D eigenvalue weighted by molar-refractivity contribution is 7.22. The fourth-order valence-corrected chi connectivity index (χ4v) is 4.14. The molecule has 0 aliphatic rings. The minimum Gasteiger partial charge on any atom is -0.340 e. The number of aryl methyl sites for hydroxylation is 2. The van der Waals surface area contributed by atoms with E-state index in [2.05, 4.69) is 27.1 Å². The lowest BCUT2D eigenvalue weighted by Gasteiger charge is -2.20. The van der Waals surface area contributed by atoms with Gasteiger partial charge in [-0.25, -0.2) is 9.37 Å². The Morgan fingerprint density at radius 1 is 1.19 bits per heavy atom. The van der Waals surface area contributed by atoms with Crippen LogP contribution in [0.15, 0.2) is 36.4 Å². The zero-order valence-electron chi connectivity index (χ0n) is 16.2. The first-order chi connectivity index (χ1) is 12.8. The molecule has 142 valence electrons. The molecule has 1 amide bonds. The lowest BCUT2D eigenvalue weighted by molar-refractivity contribution is -0.858. The molecule has 0 bridgehead atoms. The van der Waals surface area contributed by atoms with Gasteiger partial charge in [0.05, 0.1) is 30.9 Å². The molecule has 2 aromatic carbocycles. The number of quaternary nitrogens is 1. The van der Waals surface area contributed by atoms with E-state index < -0.39 is 0 Å². The molecule has 0 atom stereocenters. The van der Waals surface area contributed by atoms with Crippen LogP contribution in [0.2, 0.25) is 0 Å². The fraction of sp³-hybridized carbons (Fsp3) is 0.333. The van der Waals surface area contributed by atoms with E-state index in [0.717, 1.165) is 28.7 Å². The number of hydrogen-bond acceptors (Lipinski definition) is 3. The summed E-state index contributed by atoms with van der Waals surface area (Å²) in [7, 11) is 4.19. The number of carbonyl (C=O) groups excluding carboxylic acids is 1. The van der Waals surface area contributed by atoms with Crippen LogP contribution in [0.25, 0.3) is 10.2 Å². The minimum atomic E-state index is -0.347. The molecule has 0 spiro atoms. The Morgan fingerprint density at radius 3 is 2.56 bits per heavy atom. The summed E-state index contributed by atoms with van der Waals surface area (Å²) in [6.45, 7) is 5.65. The first-order valence-electron chi connectivity index (χ1n) is 9.09. The van der Waals surface area contributed by atoms with Gasteiger partial charge in [0, 0.05) is 18.5 Å². The molecule has 0 radical (unpaired) electrons. The Balaban J connectivity index is 1.97. The first kappa shape index (κ1) is 19.5. The maximum absolute atomic E-state index is 13.2. The summed E-state index contributed by atoms with van der Waals surface area (Å²) in [5, 5.41) is 0.696. The fourth-order valence-electron chi connectivity index (χ4n) is 3.10. The summed E-state index contributed by atoms with van der Waals surface area (Å²) < 4.78 is 14.4. The van der Waals surface area contributed by atoms with Crippen LogP contribution in [-0.2, 0) is 0 Å². The lowest BCUT2D eigenvalue weighted by Crippen LogP contribution is -3.05. The normalized spacial score (nSPS) is 11.3. The highest BCUT2D eigenvalue weighted by atomic mass is 32.1. The molecule has 6 heteroatoms. The molecule has 0 aliphatic carbocycles. The Morgan fingerprint density at radius 2 is 1.89 bits per heavy atom. The van der Waals surface area contributed by atoms with Gasteiger partial charge in [-0.1, -0.05) is 17.4 Å². The molecule has 3 rings (SSSR count). The molecule has 1 N–H and O–H groups in total. The average molecular weight is 387 g/mol. The topological polar surface area (TPSA) is 37.6 Å². The van der Waals surface area contributed by atoms with Crippen molar-refractivity contribution in [2.24, 2.45) is 0 Å². The molecule has 0 fully saturated rings. The molecule has 0 unspecified atom stereocenters. The predicted molar refractivity (Wildman–Crippen MR) is 109 cm³/mol. The number of rotatable bonds is 6. The zero-order valence-corrected chi connectivity index (χ0v) is 17.0. The standard InChI is InChI=1S/C21H24FN3OS/c1-14-12-15(2)19-18(13-14)23-21(27-19)25(11-5-10-24(3)4)20(26)16-6-8-17(22)9-7-16/h6-9,12-13H,5,10-11H2,1-4H3/p+1. The van der Waals surface area contributed by atoms with Crippen molar-refractivity contribution < 1.29 is 14.1 Å². The van der Waals surface area contributed by atoms with Gasteiger partial charge in [0.15, 0.2) is 5.13 Å². The third-order valence-corrected chi connectivity index (χ3v) is 5.66. The molecule has 1 heterocycles. The Kier molecular flexibility index (Phi) is 5.87. The zero-order chi connectivity index (χ0) is 19.6. The van der Waals surface area contributed by atoms with Gasteiger partial charge >= 0.3 is 0 Å². The van der Waals surface area contributed by atoms with Crippen LogP contribution in [0.3, 0.4) is 0 Å². The van der Waals surface area contributed by atoms with E-state index in [1.807, 2.05) is 13.0 Å². The summed E-state index contributed by atoms with van der Waals surface area (Å²) in [6, 6.07) is 9.89. The maximum atomic E-state index is 13.2. The third kappa shape index (κ3) is 4.51. The number of carbonyl (C=O) groups is 1. The van der Waals surface area contributed by atoms with E-state index in [1.165, 1.54) is 46.1 Å². The number of nitrogens with one attached hydrogen (secondary N) is 1. The van der Waals surface area contributed by atoms with Crippen molar-refractivity contribution in [2.75, 3.05) is 32.1 Å². The number of hydrogen-bond donors (Lipinski definition) is 1. The van der Waals surface area contributed by atoms with Crippen molar-refractivity contribution in [3.8, 4) is 0 Å². The summed E-state index contributed by atoms with van der Waals surface area (Å²) >= 11 is 1.54. The molecule has 0 aliphatic heterocycles. The molecular weight excluding hydrogens is 361 g/mol. The van der Waals surface area contributed by atoms with E-state index in [4.69, 9.17) is 4.98 Å². The van der Waals surface area contributed by atoms with Crippen LogP contribution < -0.4 is 9.80 Å². The summed E-state index contributed by atoms with van der Waals surface area (Å²) in [4.78, 5) is 20.9. The minimum absolute atomic E-state index is 0.141. The van der Waals surface area contributed by atoms with Crippen LogP contribution >= 0.6 is 11.3 Å². The first-order valence-corrected chi connectivity index (χ1v) is 9.91. The van der Waals surface area contributed by atoms with Crippen molar-refractivity contribution in [3.63, 3.8) is 0 Å². The Labute approximate surface area is 163 Å². The second-order valence-electron chi connectivity index (χ2n) is 7.20. The second kappa shape index (κ2) is 8.15. The lowest BCUT2D eigenvalue weighted by atomic mass is 10.1. The number of halogens is 1. The second-order valence-corrected chi connectivity index (χ2v) is 8.18. The predicted octanol–water partition coefficient (Wildman–Crippen LogP) is 3.23. The van der Waals surface area contributed by atoms with Crippen molar-refractivity contribution in [3.05, 3.63) is 58.9 Å². The van der Waals surface area contributed by atoms with Crippen molar-refractivity contribution in [2.45, 2.75) is 20.3 Å². The summed E-state index contributed by atoms with van der Waals surface area (Å²) in [5.41, 5.74) is 3.72. The number of benzene rings is 2. The van der Waals surface area contributed by atoms with Gasteiger partial charge in [-0.3, -0.25) is 9.69 Å². The van der Waals surface area contributed by atoms with Gasteiger partial charge < -0.3 is 4.90 Å². The van der Waals surface area contributed by atoms with Gasteiger partial charge in [-0.15, -0.1) is 0 Å². The number of nitrogens with zero attached hydrogens (tertiary/aromatic N) is 2. The van der Waals surface area contributed by atoms with E-state index >= 15 is 0 Å². The van der Waals surface area contributed by atoms with Crippen LogP contribution in [0.4, 0.5) is 9.52 Å². The van der Waals surface area contributed by atoms with Gasteiger partial charge in [0.25, 0.3) is 5.91 Å². The Bertz CT molecular complexity index is 950. The largest absolute Gasteiger partial charge is 0.340 e. The molecular formula is C21H25FN3OS+. The van der Waals surface area contributed by atoms with E-state index in [1.54, 1.807) is 4.90 Å². The quantitative estimate of drug-likeness (QED) is 0.706. The monoisotopic (exact) mass is 386 g/mol. The number of aromatic nitrogens is 1. The Hall–Kier alpha value is -2.31. The highest BCUT2D eigenvalue weighted by Crippen LogP contribution is 2.32. The van der Waals surface area contributed by atoms with Crippen molar-refractivity contribution in [1.82, 2.24) is 4.98 Å². The highest BCUT2D eigenvalue weighted by Gasteiger charge is 2.22. The molecule has 1 aromatic heterocycles. The smallest absolute Gasteiger partial charge is 0.260 e. The summed E-state index contributed by atoms with van der Waals surface area (Å²) in [6.07, 6.45) is 0.864. The number of amides is 1. The summed E-state index contributed by atoms with van der Waals surface area (Å²) in [5.74, 6) is -0.488. The van der Waals surface area contributed by atoms with E-state index in [9.17, 15) is 9.18 Å². The van der Waals surface area contributed by atoms with E-state index in [-0.39, 0.29) is 11.7 Å². The van der Waals surface area contributed by atoms with Crippen molar-refractivity contribution in [1.29, 1.82) is 0 Å². The SMILES string of the molecule is Cc1cc(C)c2sc(N(CCC[NH+](C)C)C(=O)c3ccc(F)cc3)nc2c1.